The van der Waals surface area contributed by atoms with Gasteiger partial charge in [-0.05, 0) is 11.1 Å². The largest absolute Gasteiger partial charge is 0.386 e. The fourth-order valence-electron chi connectivity index (χ4n) is 2.74. The van der Waals surface area contributed by atoms with E-state index in [9.17, 15) is 14.8 Å². The molecule has 0 aliphatic carbocycles. The van der Waals surface area contributed by atoms with E-state index in [0.717, 1.165) is 0 Å². The molecule has 0 saturated carbocycles. The molecule has 1 saturated heterocycles. The second kappa shape index (κ2) is 5.61. The van der Waals surface area contributed by atoms with Gasteiger partial charge in [0.15, 0.2) is 0 Å². The van der Waals surface area contributed by atoms with E-state index < -0.39 is 25.1 Å². The molecule has 1 aliphatic rings. The Morgan fingerprint density at radius 2 is 1.64 bits per heavy atom. The molecule has 5 nitrogen and oxygen atoms in total. The van der Waals surface area contributed by atoms with E-state index in [2.05, 4.69) is 0 Å². The maximum Gasteiger partial charge on any atom is 0.369 e. The SMILES string of the molecule is COP1(=O)O[C@@H](c2ccccc2)[C@H](O)[C@]1(O)c1ccccc1. The summed E-state index contributed by atoms with van der Waals surface area (Å²) in [4.78, 5) is 0. The van der Waals surface area contributed by atoms with Crippen LogP contribution in [0.25, 0.3) is 0 Å². The molecule has 0 bridgehead atoms. The maximum atomic E-state index is 13.0. The third-order valence-corrected chi connectivity index (χ3v) is 6.28. The summed E-state index contributed by atoms with van der Waals surface area (Å²) in [6.45, 7) is 0. The molecule has 3 rings (SSSR count). The lowest BCUT2D eigenvalue weighted by Crippen LogP contribution is -2.37. The van der Waals surface area contributed by atoms with Crippen molar-refractivity contribution in [2.24, 2.45) is 0 Å². The predicted molar refractivity (Wildman–Crippen MR) is 81.2 cm³/mol. The third kappa shape index (κ3) is 2.14. The number of aliphatic hydroxyl groups excluding tert-OH is 1. The summed E-state index contributed by atoms with van der Waals surface area (Å²) in [5.41, 5.74) is 0.922. The monoisotopic (exact) mass is 320 g/mol. The molecule has 1 unspecified atom stereocenters. The molecule has 0 aromatic heterocycles. The maximum absolute atomic E-state index is 13.0. The Hall–Kier alpha value is -1.49. The second-order valence-corrected chi connectivity index (χ2v) is 7.41. The molecule has 1 aliphatic heterocycles. The van der Waals surface area contributed by atoms with Gasteiger partial charge in [-0.2, -0.15) is 0 Å². The van der Waals surface area contributed by atoms with Gasteiger partial charge in [0.2, 0.25) is 5.34 Å². The lowest BCUT2D eigenvalue weighted by Gasteiger charge is -2.29. The topological polar surface area (TPSA) is 76.0 Å². The van der Waals surface area contributed by atoms with Crippen LogP contribution in [0.15, 0.2) is 60.7 Å². The van der Waals surface area contributed by atoms with Gasteiger partial charge in [-0.1, -0.05) is 60.7 Å². The summed E-state index contributed by atoms with van der Waals surface area (Å²) >= 11 is 0. The summed E-state index contributed by atoms with van der Waals surface area (Å²) in [7, 11) is -2.76. The smallest absolute Gasteiger partial charge is 0.369 e. The summed E-state index contributed by atoms with van der Waals surface area (Å²) in [6.07, 6.45) is -2.35. The fraction of sp³-hybridized carbons (Fsp3) is 0.250. The van der Waals surface area contributed by atoms with Crippen molar-refractivity contribution in [3.63, 3.8) is 0 Å². The van der Waals surface area contributed by atoms with Crippen molar-refractivity contribution in [1.82, 2.24) is 0 Å². The minimum absolute atomic E-state index is 0.297. The number of benzene rings is 2. The van der Waals surface area contributed by atoms with Gasteiger partial charge in [0, 0.05) is 7.11 Å². The highest BCUT2D eigenvalue weighted by Crippen LogP contribution is 2.73. The Morgan fingerprint density at radius 1 is 1.09 bits per heavy atom. The second-order valence-electron chi connectivity index (χ2n) is 5.15. The van der Waals surface area contributed by atoms with E-state index in [1.807, 2.05) is 6.07 Å². The van der Waals surface area contributed by atoms with Gasteiger partial charge in [-0.15, -0.1) is 0 Å². The van der Waals surface area contributed by atoms with Crippen LogP contribution in [0.2, 0.25) is 0 Å². The average molecular weight is 320 g/mol. The summed E-state index contributed by atoms with van der Waals surface area (Å²) in [5.74, 6) is 0. The highest BCUT2D eigenvalue weighted by Gasteiger charge is 2.65. The number of hydrogen-bond donors (Lipinski definition) is 2. The molecule has 1 heterocycles. The van der Waals surface area contributed by atoms with E-state index in [4.69, 9.17) is 9.05 Å². The van der Waals surface area contributed by atoms with Crippen LogP contribution in [-0.4, -0.2) is 23.4 Å². The molecule has 116 valence electrons. The highest BCUT2D eigenvalue weighted by molar-refractivity contribution is 7.55. The number of aliphatic hydroxyl groups is 2. The first-order valence-electron chi connectivity index (χ1n) is 6.88. The molecule has 22 heavy (non-hydrogen) atoms. The Morgan fingerprint density at radius 3 is 2.18 bits per heavy atom. The van der Waals surface area contributed by atoms with Crippen molar-refractivity contribution in [3.05, 3.63) is 71.8 Å². The first-order chi connectivity index (χ1) is 10.5. The number of rotatable bonds is 3. The Balaban J connectivity index is 2.11. The van der Waals surface area contributed by atoms with E-state index in [1.165, 1.54) is 7.11 Å². The van der Waals surface area contributed by atoms with Crippen LogP contribution >= 0.6 is 7.60 Å². The lowest BCUT2D eigenvalue weighted by molar-refractivity contribution is -0.0385. The molecule has 1 fully saturated rings. The van der Waals surface area contributed by atoms with Crippen molar-refractivity contribution in [2.45, 2.75) is 17.6 Å². The van der Waals surface area contributed by atoms with Gasteiger partial charge in [0.1, 0.15) is 12.2 Å². The van der Waals surface area contributed by atoms with E-state index in [-0.39, 0.29) is 0 Å². The zero-order chi connectivity index (χ0) is 15.8. The molecular weight excluding hydrogens is 303 g/mol. The minimum atomic E-state index is -3.97. The normalized spacial score (nSPS) is 34.7. The fourth-order valence-corrected chi connectivity index (χ4v) is 4.73. The minimum Gasteiger partial charge on any atom is -0.386 e. The van der Waals surface area contributed by atoms with Gasteiger partial charge in [0.05, 0.1) is 0 Å². The van der Waals surface area contributed by atoms with Gasteiger partial charge < -0.3 is 14.7 Å². The zero-order valence-electron chi connectivity index (χ0n) is 12.0. The highest BCUT2D eigenvalue weighted by atomic mass is 31.2. The molecule has 2 aromatic rings. The van der Waals surface area contributed by atoms with E-state index >= 15 is 0 Å². The summed E-state index contributed by atoms with van der Waals surface area (Å²) in [6, 6.07) is 17.2. The quantitative estimate of drug-likeness (QED) is 0.851. The van der Waals surface area contributed by atoms with E-state index in [1.54, 1.807) is 54.6 Å². The van der Waals surface area contributed by atoms with Crippen LogP contribution in [-0.2, 0) is 19.0 Å². The number of hydrogen-bond acceptors (Lipinski definition) is 5. The van der Waals surface area contributed by atoms with Crippen LogP contribution in [0, 0.1) is 0 Å². The van der Waals surface area contributed by atoms with Crippen LogP contribution in [0.3, 0.4) is 0 Å². The molecule has 2 N–H and O–H groups in total. The summed E-state index contributed by atoms with van der Waals surface area (Å²) < 4.78 is 23.5. The predicted octanol–water partition coefficient (Wildman–Crippen LogP) is 2.80. The molecule has 0 spiro atoms. The Kier molecular flexibility index (Phi) is 3.93. The third-order valence-electron chi connectivity index (χ3n) is 3.94. The van der Waals surface area contributed by atoms with Crippen molar-refractivity contribution < 1.29 is 23.8 Å². The van der Waals surface area contributed by atoms with Crippen LogP contribution in [0.5, 0.6) is 0 Å². The standard InChI is InChI=1S/C16H17O5P/c1-20-22(19)16(18,13-10-6-3-7-11-13)15(17)14(21-22)12-8-4-2-5-9-12/h2-11,14-15,17-18H,1H3/t14-,15-,16-,22?/m0/s1. The van der Waals surface area contributed by atoms with Crippen molar-refractivity contribution in [3.8, 4) is 0 Å². The van der Waals surface area contributed by atoms with E-state index in [0.29, 0.717) is 11.1 Å². The molecule has 0 amide bonds. The van der Waals surface area contributed by atoms with Gasteiger partial charge in [0.25, 0.3) is 0 Å². The first kappa shape index (κ1) is 15.4. The first-order valence-corrected chi connectivity index (χ1v) is 8.42. The average Bonchev–Trinajstić information content (AvgIpc) is 2.79. The van der Waals surface area contributed by atoms with Gasteiger partial charge in [-0.3, -0.25) is 9.09 Å². The Bertz CT molecular complexity index is 690. The molecule has 2 aromatic carbocycles. The van der Waals surface area contributed by atoms with Gasteiger partial charge >= 0.3 is 7.60 Å². The Labute approximate surface area is 128 Å². The molecular formula is C16H17O5P. The van der Waals surface area contributed by atoms with Crippen molar-refractivity contribution >= 4 is 7.60 Å². The molecule has 0 radical (unpaired) electrons. The molecule has 4 atom stereocenters. The summed E-state index contributed by atoms with van der Waals surface area (Å²) in [5, 5.41) is 19.6. The van der Waals surface area contributed by atoms with Crippen LogP contribution < -0.4 is 0 Å². The van der Waals surface area contributed by atoms with Crippen LogP contribution in [0.1, 0.15) is 17.2 Å². The lowest BCUT2D eigenvalue weighted by atomic mass is 9.95. The molecule has 6 heteroatoms. The van der Waals surface area contributed by atoms with Crippen molar-refractivity contribution in [1.29, 1.82) is 0 Å². The van der Waals surface area contributed by atoms with Crippen molar-refractivity contribution in [2.75, 3.05) is 7.11 Å². The van der Waals surface area contributed by atoms with Crippen LogP contribution in [0.4, 0.5) is 0 Å². The zero-order valence-corrected chi connectivity index (χ0v) is 12.9. The van der Waals surface area contributed by atoms with Gasteiger partial charge in [-0.25, -0.2) is 0 Å².